The van der Waals surface area contributed by atoms with Crippen molar-refractivity contribution in [1.29, 1.82) is 0 Å². The van der Waals surface area contributed by atoms with Crippen molar-refractivity contribution in [3.8, 4) is 0 Å². The molecule has 0 saturated carbocycles. The lowest BCUT2D eigenvalue weighted by Gasteiger charge is -2.35. The van der Waals surface area contributed by atoms with E-state index in [1.807, 2.05) is 59.5 Å². The molecule has 158 valence electrons. The number of para-hydroxylation sites is 1. The van der Waals surface area contributed by atoms with Gasteiger partial charge >= 0.3 is 0 Å². The Labute approximate surface area is 181 Å². The zero-order valence-electron chi connectivity index (χ0n) is 17.5. The van der Waals surface area contributed by atoms with Crippen LogP contribution in [0.15, 0.2) is 60.7 Å². The third kappa shape index (κ3) is 3.85. The van der Waals surface area contributed by atoms with E-state index in [1.165, 1.54) is 5.56 Å². The molecule has 1 atom stereocenters. The summed E-state index contributed by atoms with van der Waals surface area (Å²) in [6.45, 7) is 1.41. The highest BCUT2D eigenvalue weighted by Crippen LogP contribution is 2.32. The first kappa shape index (κ1) is 19.5. The van der Waals surface area contributed by atoms with E-state index >= 15 is 0 Å². The first-order valence-electron chi connectivity index (χ1n) is 11.0. The van der Waals surface area contributed by atoms with Crippen LogP contribution in [0.3, 0.4) is 0 Å². The number of aromatic amines is 1. The molecule has 0 bridgehead atoms. The predicted molar refractivity (Wildman–Crippen MR) is 119 cm³/mol. The molecule has 1 unspecified atom stereocenters. The molecule has 0 aliphatic carbocycles. The molecule has 3 heterocycles. The van der Waals surface area contributed by atoms with Gasteiger partial charge in [-0.25, -0.2) is 0 Å². The van der Waals surface area contributed by atoms with Crippen LogP contribution in [0.25, 0.3) is 0 Å². The van der Waals surface area contributed by atoms with Gasteiger partial charge in [-0.15, -0.1) is 0 Å². The van der Waals surface area contributed by atoms with E-state index < -0.39 is 0 Å². The van der Waals surface area contributed by atoms with Gasteiger partial charge in [0.2, 0.25) is 5.91 Å². The summed E-state index contributed by atoms with van der Waals surface area (Å²) in [5.74, 6) is 0.0252. The Morgan fingerprint density at radius 1 is 1.00 bits per heavy atom. The number of amides is 2. The van der Waals surface area contributed by atoms with E-state index in [0.29, 0.717) is 18.7 Å². The number of hydrogen-bond donors (Lipinski definition) is 1. The number of benzene rings is 2. The highest BCUT2D eigenvalue weighted by atomic mass is 16.2. The highest BCUT2D eigenvalue weighted by Gasteiger charge is 2.31. The van der Waals surface area contributed by atoms with Crippen molar-refractivity contribution in [3.05, 3.63) is 83.2 Å². The van der Waals surface area contributed by atoms with E-state index in [9.17, 15) is 9.59 Å². The van der Waals surface area contributed by atoms with Gasteiger partial charge in [0, 0.05) is 18.8 Å². The van der Waals surface area contributed by atoms with Gasteiger partial charge in [-0.05, 0) is 48.9 Å². The van der Waals surface area contributed by atoms with E-state index in [4.69, 9.17) is 0 Å². The molecule has 0 spiro atoms. The number of carbonyl (C=O) groups is 2. The third-order valence-corrected chi connectivity index (χ3v) is 6.33. The van der Waals surface area contributed by atoms with Gasteiger partial charge in [-0.2, -0.15) is 5.10 Å². The van der Waals surface area contributed by atoms with Crippen LogP contribution in [0.5, 0.6) is 0 Å². The number of piperidine rings is 1. The standard InChI is InChI=1S/C25H26N4O2/c30-24(16-18-8-2-1-3-9-18)28-14-7-6-12-23(28)20-17-21(27-26-20)25(31)29-15-13-19-10-4-5-11-22(19)29/h1-5,8-11,17,23H,6-7,12-16H2,(H,26,27). The lowest BCUT2D eigenvalue weighted by atomic mass is 9.98. The lowest BCUT2D eigenvalue weighted by molar-refractivity contribution is -0.134. The molecule has 1 N–H and O–H groups in total. The normalized spacial score (nSPS) is 18.1. The minimum absolute atomic E-state index is 0.0649. The lowest BCUT2D eigenvalue weighted by Crippen LogP contribution is -2.39. The summed E-state index contributed by atoms with van der Waals surface area (Å²) in [6.07, 6.45) is 4.19. The number of rotatable bonds is 4. The van der Waals surface area contributed by atoms with Crippen LogP contribution in [0.1, 0.15) is 52.6 Å². The number of aromatic nitrogens is 2. The van der Waals surface area contributed by atoms with Crippen molar-refractivity contribution in [2.24, 2.45) is 0 Å². The van der Waals surface area contributed by atoms with Crippen LogP contribution in [0.2, 0.25) is 0 Å². The Morgan fingerprint density at radius 3 is 2.68 bits per heavy atom. The number of anilines is 1. The Balaban J connectivity index is 1.34. The molecule has 2 aliphatic heterocycles. The summed E-state index contributed by atoms with van der Waals surface area (Å²) >= 11 is 0. The fourth-order valence-electron chi connectivity index (χ4n) is 4.73. The van der Waals surface area contributed by atoms with Crippen molar-refractivity contribution in [3.63, 3.8) is 0 Å². The maximum absolute atomic E-state index is 13.1. The molecule has 2 aromatic carbocycles. The monoisotopic (exact) mass is 414 g/mol. The van der Waals surface area contributed by atoms with Gasteiger partial charge in [0.25, 0.3) is 5.91 Å². The molecule has 31 heavy (non-hydrogen) atoms. The van der Waals surface area contributed by atoms with Crippen molar-refractivity contribution in [2.75, 3.05) is 18.0 Å². The second-order valence-electron chi connectivity index (χ2n) is 8.31. The zero-order chi connectivity index (χ0) is 21.2. The number of H-pyrrole nitrogens is 1. The molecular weight excluding hydrogens is 388 g/mol. The second-order valence-corrected chi connectivity index (χ2v) is 8.31. The Bertz CT molecular complexity index is 1090. The molecule has 1 saturated heterocycles. The van der Waals surface area contributed by atoms with E-state index in [0.717, 1.165) is 49.2 Å². The van der Waals surface area contributed by atoms with Crippen molar-refractivity contribution in [1.82, 2.24) is 15.1 Å². The SMILES string of the molecule is O=C(c1cc(C2CCCCN2C(=O)Cc2ccccc2)[nH]n1)N1CCc2ccccc21. The first-order valence-corrected chi connectivity index (χ1v) is 11.0. The molecule has 6 nitrogen and oxygen atoms in total. The molecule has 2 aliphatic rings. The van der Waals surface area contributed by atoms with E-state index in [2.05, 4.69) is 16.3 Å². The van der Waals surface area contributed by atoms with Crippen molar-refractivity contribution >= 4 is 17.5 Å². The molecule has 1 aromatic heterocycles. The maximum Gasteiger partial charge on any atom is 0.278 e. The predicted octanol–water partition coefficient (Wildman–Crippen LogP) is 3.91. The Morgan fingerprint density at radius 2 is 1.81 bits per heavy atom. The summed E-state index contributed by atoms with van der Waals surface area (Å²) in [6, 6.07) is 19.6. The second kappa shape index (κ2) is 8.38. The van der Waals surface area contributed by atoms with Crippen LogP contribution in [-0.2, 0) is 17.6 Å². The summed E-state index contributed by atoms with van der Waals surface area (Å²) in [7, 11) is 0. The van der Waals surface area contributed by atoms with Crippen molar-refractivity contribution < 1.29 is 9.59 Å². The zero-order valence-corrected chi connectivity index (χ0v) is 17.5. The molecule has 6 heteroatoms. The molecular formula is C25H26N4O2. The fourth-order valence-corrected chi connectivity index (χ4v) is 4.73. The average Bonchev–Trinajstić information content (AvgIpc) is 3.47. The van der Waals surface area contributed by atoms with Crippen LogP contribution in [0, 0.1) is 0 Å². The Kier molecular flexibility index (Phi) is 5.28. The minimum atomic E-state index is -0.0922. The Hall–Kier alpha value is -3.41. The topological polar surface area (TPSA) is 69.3 Å². The number of fused-ring (bicyclic) bond motifs is 1. The third-order valence-electron chi connectivity index (χ3n) is 6.33. The largest absolute Gasteiger partial charge is 0.334 e. The molecule has 1 fully saturated rings. The van der Waals surface area contributed by atoms with Gasteiger partial charge in [0.1, 0.15) is 0 Å². The fraction of sp³-hybridized carbons (Fsp3) is 0.320. The summed E-state index contributed by atoms with van der Waals surface area (Å²) in [5.41, 5.74) is 4.43. The van der Waals surface area contributed by atoms with Gasteiger partial charge in [-0.3, -0.25) is 14.7 Å². The molecule has 0 radical (unpaired) electrons. The average molecular weight is 415 g/mol. The van der Waals surface area contributed by atoms with Crippen LogP contribution < -0.4 is 4.90 Å². The van der Waals surface area contributed by atoms with Gasteiger partial charge in [0.05, 0.1) is 18.2 Å². The summed E-state index contributed by atoms with van der Waals surface area (Å²) in [4.78, 5) is 29.9. The van der Waals surface area contributed by atoms with Crippen molar-refractivity contribution in [2.45, 2.75) is 38.1 Å². The molecule has 3 aromatic rings. The molecule has 2 amide bonds. The van der Waals surface area contributed by atoms with Crippen LogP contribution in [0.4, 0.5) is 5.69 Å². The summed E-state index contributed by atoms with van der Waals surface area (Å²) in [5, 5.41) is 7.39. The highest BCUT2D eigenvalue weighted by molar-refractivity contribution is 6.06. The first-order chi connectivity index (χ1) is 15.2. The molecule has 5 rings (SSSR count). The number of nitrogens with zero attached hydrogens (tertiary/aromatic N) is 3. The van der Waals surface area contributed by atoms with Gasteiger partial charge in [0.15, 0.2) is 5.69 Å². The number of likely N-dealkylation sites (tertiary alicyclic amines) is 1. The number of nitrogens with one attached hydrogen (secondary N) is 1. The smallest absolute Gasteiger partial charge is 0.278 e. The maximum atomic E-state index is 13.1. The number of carbonyl (C=O) groups excluding carboxylic acids is 2. The minimum Gasteiger partial charge on any atom is -0.334 e. The quantitative estimate of drug-likeness (QED) is 0.704. The summed E-state index contributed by atoms with van der Waals surface area (Å²) < 4.78 is 0. The van der Waals surface area contributed by atoms with Crippen LogP contribution >= 0.6 is 0 Å². The van der Waals surface area contributed by atoms with Crippen LogP contribution in [-0.4, -0.2) is 40.0 Å². The number of hydrogen-bond acceptors (Lipinski definition) is 3. The van der Waals surface area contributed by atoms with Gasteiger partial charge < -0.3 is 9.80 Å². The van der Waals surface area contributed by atoms with Gasteiger partial charge in [-0.1, -0.05) is 48.5 Å². The van der Waals surface area contributed by atoms with E-state index in [1.54, 1.807) is 4.90 Å². The van der Waals surface area contributed by atoms with E-state index in [-0.39, 0.29) is 17.9 Å².